The van der Waals surface area contributed by atoms with Crippen molar-refractivity contribution in [2.24, 2.45) is 0 Å². The van der Waals surface area contributed by atoms with Crippen molar-refractivity contribution >= 4 is 11.8 Å². The number of benzene rings is 2. The predicted octanol–water partition coefficient (Wildman–Crippen LogP) is 5.15. The summed E-state index contributed by atoms with van der Waals surface area (Å²) in [7, 11) is 1.62. The van der Waals surface area contributed by atoms with Gasteiger partial charge in [0.1, 0.15) is 11.8 Å². The van der Waals surface area contributed by atoms with E-state index in [2.05, 4.69) is 5.32 Å². The number of carbonyl (C=O) groups is 2. The summed E-state index contributed by atoms with van der Waals surface area (Å²) in [6.07, 6.45) is 2.17. The van der Waals surface area contributed by atoms with Crippen LogP contribution < -0.4 is 19.5 Å². The molecule has 0 fully saturated rings. The highest BCUT2D eigenvalue weighted by Crippen LogP contribution is 2.29. The Labute approximate surface area is 216 Å². The zero-order chi connectivity index (χ0) is 26.5. The second kappa shape index (κ2) is 15.0. The van der Waals surface area contributed by atoms with Gasteiger partial charge in [-0.3, -0.25) is 9.59 Å². The molecule has 0 aliphatic rings. The minimum absolute atomic E-state index is 0.0466. The SMILES string of the molecule is CCOc1ccc(CCC(=O)N(Cc2ccc(OC)cc2)[C@@H](CC)C(=O)N[C@H](C)CC)cc1OCC. The van der Waals surface area contributed by atoms with E-state index in [1.54, 1.807) is 12.0 Å². The van der Waals surface area contributed by atoms with Gasteiger partial charge in [-0.05, 0) is 75.4 Å². The van der Waals surface area contributed by atoms with Crippen molar-refractivity contribution in [3.8, 4) is 17.2 Å². The first-order chi connectivity index (χ1) is 17.4. The molecular formula is C29H42N2O5. The molecule has 0 heterocycles. The molecule has 2 atom stereocenters. The summed E-state index contributed by atoms with van der Waals surface area (Å²) >= 11 is 0. The maximum atomic E-state index is 13.5. The van der Waals surface area contributed by atoms with Crippen molar-refractivity contribution in [3.63, 3.8) is 0 Å². The van der Waals surface area contributed by atoms with Crippen LogP contribution in [0.15, 0.2) is 42.5 Å². The average Bonchev–Trinajstić information content (AvgIpc) is 2.89. The molecular weight excluding hydrogens is 456 g/mol. The molecule has 0 aliphatic heterocycles. The molecule has 0 saturated carbocycles. The predicted molar refractivity (Wildman–Crippen MR) is 143 cm³/mol. The Morgan fingerprint density at radius 2 is 1.53 bits per heavy atom. The van der Waals surface area contributed by atoms with E-state index in [0.717, 1.165) is 23.3 Å². The Balaban J connectivity index is 2.24. The molecule has 0 aromatic heterocycles. The van der Waals surface area contributed by atoms with E-state index in [4.69, 9.17) is 14.2 Å². The van der Waals surface area contributed by atoms with Crippen molar-refractivity contribution in [2.45, 2.75) is 78.9 Å². The maximum absolute atomic E-state index is 13.5. The van der Waals surface area contributed by atoms with Crippen LogP contribution in [0.25, 0.3) is 0 Å². The molecule has 2 aromatic carbocycles. The maximum Gasteiger partial charge on any atom is 0.243 e. The van der Waals surface area contributed by atoms with Gasteiger partial charge in [-0.15, -0.1) is 0 Å². The Morgan fingerprint density at radius 1 is 0.889 bits per heavy atom. The molecule has 0 unspecified atom stereocenters. The second-order valence-corrected chi connectivity index (χ2v) is 8.76. The van der Waals surface area contributed by atoms with E-state index in [1.807, 2.05) is 77.1 Å². The first-order valence-electron chi connectivity index (χ1n) is 13.0. The number of amides is 2. The summed E-state index contributed by atoms with van der Waals surface area (Å²) in [6.45, 7) is 11.2. The lowest BCUT2D eigenvalue weighted by Crippen LogP contribution is -2.50. The average molecular weight is 499 g/mol. The van der Waals surface area contributed by atoms with Crippen LogP contribution in [0.2, 0.25) is 0 Å². The Morgan fingerprint density at radius 3 is 2.11 bits per heavy atom. The van der Waals surface area contributed by atoms with E-state index in [0.29, 0.717) is 44.1 Å². The van der Waals surface area contributed by atoms with Crippen LogP contribution in [0.3, 0.4) is 0 Å². The smallest absolute Gasteiger partial charge is 0.243 e. The molecule has 0 spiro atoms. The van der Waals surface area contributed by atoms with Crippen LogP contribution in [0.1, 0.15) is 65.0 Å². The summed E-state index contributed by atoms with van der Waals surface area (Å²) in [5, 5.41) is 3.05. The van der Waals surface area contributed by atoms with Gasteiger partial charge < -0.3 is 24.4 Å². The zero-order valence-corrected chi connectivity index (χ0v) is 22.6. The van der Waals surface area contributed by atoms with Gasteiger partial charge in [-0.2, -0.15) is 0 Å². The molecule has 1 N–H and O–H groups in total. The highest BCUT2D eigenvalue weighted by molar-refractivity contribution is 5.88. The third-order valence-corrected chi connectivity index (χ3v) is 6.13. The molecule has 7 nitrogen and oxygen atoms in total. The van der Waals surface area contributed by atoms with Gasteiger partial charge in [0.25, 0.3) is 0 Å². The number of hydrogen-bond donors (Lipinski definition) is 1. The highest BCUT2D eigenvalue weighted by atomic mass is 16.5. The van der Waals surface area contributed by atoms with Crippen molar-refractivity contribution in [1.82, 2.24) is 10.2 Å². The fraction of sp³-hybridized carbons (Fsp3) is 0.517. The molecule has 2 rings (SSSR count). The lowest BCUT2D eigenvalue weighted by atomic mass is 10.0. The number of nitrogens with zero attached hydrogens (tertiary/aromatic N) is 1. The number of ether oxygens (including phenoxy) is 3. The van der Waals surface area contributed by atoms with Crippen LogP contribution in [-0.4, -0.2) is 49.1 Å². The number of hydrogen-bond acceptors (Lipinski definition) is 5. The summed E-state index contributed by atoms with van der Waals surface area (Å²) < 4.78 is 16.6. The minimum atomic E-state index is -0.548. The molecule has 0 saturated heterocycles. The van der Waals surface area contributed by atoms with Gasteiger partial charge in [-0.1, -0.05) is 32.0 Å². The number of rotatable bonds is 15. The third kappa shape index (κ3) is 8.47. The van der Waals surface area contributed by atoms with Gasteiger partial charge in [0.15, 0.2) is 11.5 Å². The quantitative estimate of drug-likeness (QED) is 0.368. The van der Waals surface area contributed by atoms with Crippen molar-refractivity contribution in [1.29, 1.82) is 0 Å². The van der Waals surface area contributed by atoms with Crippen LogP contribution in [0, 0.1) is 0 Å². The lowest BCUT2D eigenvalue weighted by molar-refractivity contribution is -0.141. The molecule has 198 valence electrons. The van der Waals surface area contributed by atoms with Gasteiger partial charge >= 0.3 is 0 Å². The Kier molecular flexibility index (Phi) is 12.1. The standard InChI is InChI=1S/C29H42N2O5/c1-7-21(5)30-29(33)25(8-2)31(20-23-11-15-24(34-6)16-12-23)28(32)18-14-22-13-17-26(35-9-3)27(19-22)36-10-4/h11-13,15-17,19,21,25H,7-10,14,18,20H2,1-6H3,(H,30,33)/t21-,25+/m1/s1. The van der Waals surface area contributed by atoms with Crippen molar-refractivity contribution in [3.05, 3.63) is 53.6 Å². The number of aryl methyl sites for hydroxylation is 1. The molecule has 36 heavy (non-hydrogen) atoms. The number of nitrogens with one attached hydrogen (secondary N) is 1. The van der Waals surface area contributed by atoms with Crippen LogP contribution in [0.4, 0.5) is 0 Å². The summed E-state index contributed by atoms with van der Waals surface area (Å²) in [6, 6.07) is 12.9. The Bertz CT molecular complexity index is 961. The van der Waals surface area contributed by atoms with Gasteiger partial charge in [0.2, 0.25) is 11.8 Å². The van der Waals surface area contributed by atoms with E-state index >= 15 is 0 Å². The fourth-order valence-electron chi connectivity index (χ4n) is 3.93. The first kappa shape index (κ1) is 29.0. The van der Waals surface area contributed by atoms with Gasteiger partial charge in [0.05, 0.1) is 20.3 Å². The van der Waals surface area contributed by atoms with Gasteiger partial charge in [0, 0.05) is 19.0 Å². The topological polar surface area (TPSA) is 77.1 Å². The molecule has 0 aliphatic carbocycles. The number of carbonyl (C=O) groups excluding carboxylic acids is 2. The van der Waals surface area contributed by atoms with E-state index in [-0.39, 0.29) is 24.3 Å². The molecule has 2 amide bonds. The first-order valence-corrected chi connectivity index (χ1v) is 13.0. The lowest BCUT2D eigenvalue weighted by Gasteiger charge is -2.31. The highest BCUT2D eigenvalue weighted by Gasteiger charge is 2.29. The Hall–Kier alpha value is -3.22. The van der Waals surface area contributed by atoms with Crippen LogP contribution >= 0.6 is 0 Å². The van der Waals surface area contributed by atoms with E-state index in [1.165, 1.54) is 0 Å². The summed E-state index contributed by atoms with van der Waals surface area (Å²) in [5.41, 5.74) is 1.93. The molecule has 7 heteroatoms. The van der Waals surface area contributed by atoms with Gasteiger partial charge in [-0.25, -0.2) is 0 Å². The van der Waals surface area contributed by atoms with Crippen LogP contribution in [-0.2, 0) is 22.6 Å². The van der Waals surface area contributed by atoms with Crippen molar-refractivity contribution < 1.29 is 23.8 Å². The largest absolute Gasteiger partial charge is 0.497 e. The summed E-state index contributed by atoms with van der Waals surface area (Å²) in [5.74, 6) is 1.94. The van der Waals surface area contributed by atoms with Crippen molar-refractivity contribution in [2.75, 3.05) is 20.3 Å². The zero-order valence-electron chi connectivity index (χ0n) is 22.6. The minimum Gasteiger partial charge on any atom is -0.497 e. The third-order valence-electron chi connectivity index (χ3n) is 6.13. The second-order valence-electron chi connectivity index (χ2n) is 8.76. The number of methoxy groups -OCH3 is 1. The monoisotopic (exact) mass is 498 g/mol. The normalized spacial score (nSPS) is 12.4. The molecule has 0 bridgehead atoms. The fourth-order valence-corrected chi connectivity index (χ4v) is 3.93. The van der Waals surface area contributed by atoms with E-state index in [9.17, 15) is 9.59 Å². The summed E-state index contributed by atoms with van der Waals surface area (Å²) in [4.78, 5) is 28.4. The van der Waals surface area contributed by atoms with Crippen LogP contribution in [0.5, 0.6) is 17.2 Å². The molecule has 0 radical (unpaired) electrons. The molecule has 2 aromatic rings. The van der Waals surface area contributed by atoms with E-state index < -0.39 is 6.04 Å².